The Morgan fingerprint density at radius 3 is 2.84 bits per heavy atom. The molecule has 106 valence electrons. The van der Waals surface area contributed by atoms with E-state index in [1.54, 1.807) is 6.20 Å². The van der Waals surface area contributed by atoms with E-state index < -0.39 is 0 Å². The van der Waals surface area contributed by atoms with Gasteiger partial charge in [-0.2, -0.15) is 16.9 Å². The van der Waals surface area contributed by atoms with E-state index in [2.05, 4.69) is 16.7 Å². The van der Waals surface area contributed by atoms with E-state index in [1.807, 2.05) is 18.7 Å². The zero-order valence-corrected chi connectivity index (χ0v) is 13.0. The lowest BCUT2D eigenvalue weighted by Crippen LogP contribution is -2.40. The van der Waals surface area contributed by atoms with Gasteiger partial charge < -0.3 is 5.32 Å². The van der Waals surface area contributed by atoms with Crippen LogP contribution < -0.4 is 10.9 Å². The van der Waals surface area contributed by atoms with Gasteiger partial charge in [-0.05, 0) is 25.5 Å². The molecule has 1 fully saturated rings. The predicted molar refractivity (Wildman–Crippen MR) is 82.4 cm³/mol. The van der Waals surface area contributed by atoms with E-state index >= 15 is 0 Å². The molecule has 0 aliphatic heterocycles. The molecule has 19 heavy (non-hydrogen) atoms. The number of thioether (sulfide) groups is 1. The second-order valence-electron chi connectivity index (χ2n) is 4.99. The molecule has 0 spiro atoms. The summed E-state index contributed by atoms with van der Waals surface area (Å²) in [5.41, 5.74) is 0.444. The molecule has 0 unspecified atom stereocenters. The van der Waals surface area contributed by atoms with Crippen LogP contribution in [0.2, 0.25) is 5.02 Å². The molecule has 1 aromatic heterocycles. The Balaban J connectivity index is 2.09. The Labute approximate surface area is 122 Å². The first-order valence-electron chi connectivity index (χ1n) is 6.66. The highest BCUT2D eigenvalue weighted by Gasteiger charge is 2.35. The van der Waals surface area contributed by atoms with E-state index in [9.17, 15) is 4.79 Å². The molecule has 4 nitrogen and oxygen atoms in total. The van der Waals surface area contributed by atoms with Crippen molar-refractivity contribution in [3.05, 3.63) is 21.6 Å². The SMILES string of the molecule is CCCn1ncc(NCC2(SC)CCC2)c(Cl)c1=O. The molecular weight excluding hydrogens is 282 g/mol. The molecule has 1 N–H and O–H groups in total. The van der Waals surface area contributed by atoms with Gasteiger partial charge in [-0.25, -0.2) is 4.68 Å². The molecule has 1 saturated carbocycles. The molecule has 1 aromatic rings. The van der Waals surface area contributed by atoms with Crippen molar-refractivity contribution in [2.24, 2.45) is 0 Å². The standard InChI is InChI=1S/C13H20ClN3OS/c1-3-7-17-12(18)11(14)10(8-16-17)15-9-13(19-2)5-4-6-13/h8,15H,3-7,9H2,1-2H3. The third-order valence-electron chi connectivity index (χ3n) is 3.72. The number of nitrogens with one attached hydrogen (secondary N) is 1. The van der Waals surface area contributed by atoms with Crippen LogP contribution in [0.15, 0.2) is 11.0 Å². The van der Waals surface area contributed by atoms with Crippen LogP contribution in [0.4, 0.5) is 5.69 Å². The van der Waals surface area contributed by atoms with E-state index in [1.165, 1.54) is 23.9 Å². The predicted octanol–water partition coefficient (Wildman–Crippen LogP) is 3.00. The lowest BCUT2D eigenvalue weighted by Gasteiger charge is -2.40. The lowest BCUT2D eigenvalue weighted by atomic mass is 9.84. The topological polar surface area (TPSA) is 46.9 Å². The van der Waals surface area contributed by atoms with Gasteiger partial charge in [-0.3, -0.25) is 4.79 Å². The van der Waals surface area contributed by atoms with Crippen molar-refractivity contribution < 1.29 is 0 Å². The fourth-order valence-electron chi connectivity index (χ4n) is 2.24. The number of rotatable bonds is 6. The summed E-state index contributed by atoms with van der Waals surface area (Å²) in [7, 11) is 0. The highest BCUT2D eigenvalue weighted by molar-refractivity contribution is 8.00. The number of nitrogens with zero attached hydrogens (tertiary/aromatic N) is 2. The Morgan fingerprint density at radius 2 is 2.32 bits per heavy atom. The van der Waals surface area contributed by atoms with Crippen LogP contribution in [0.1, 0.15) is 32.6 Å². The number of hydrogen-bond donors (Lipinski definition) is 1. The minimum atomic E-state index is -0.208. The number of anilines is 1. The van der Waals surface area contributed by atoms with Crippen LogP contribution in [0.3, 0.4) is 0 Å². The average molecular weight is 302 g/mol. The number of aryl methyl sites for hydroxylation is 1. The van der Waals surface area contributed by atoms with Crippen LogP contribution in [-0.2, 0) is 6.54 Å². The van der Waals surface area contributed by atoms with Crippen molar-refractivity contribution in [1.82, 2.24) is 9.78 Å². The maximum Gasteiger partial charge on any atom is 0.287 e. The van der Waals surface area contributed by atoms with Gasteiger partial charge in [0.15, 0.2) is 0 Å². The monoisotopic (exact) mass is 301 g/mol. The van der Waals surface area contributed by atoms with Crippen molar-refractivity contribution in [1.29, 1.82) is 0 Å². The summed E-state index contributed by atoms with van der Waals surface area (Å²) in [6.45, 7) is 3.45. The molecule has 1 aliphatic carbocycles. The van der Waals surface area contributed by atoms with Crippen molar-refractivity contribution in [2.75, 3.05) is 18.1 Å². The average Bonchev–Trinajstić information content (AvgIpc) is 2.37. The molecule has 2 rings (SSSR count). The van der Waals surface area contributed by atoms with Crippen LogP contribution in [-0.4, -0.2) is 27.3 Å². The smallest absolute Gasteiger partial charge is 0.287 e. The lowest BCUT2D eigenvalue weighted by molar-refractivity contribution is 0.380. The second-order valence-corrected chi connectivity index (χ2v) is 6.65. The normalized spacial score (nSPS) is 17.0. The van der Waals surface area contributed by atoms with Crippen molar-refractivity contribution in [3.8, 4) is 0 Å². The molecular formula is C13H20ClN3OS. The Kier molecular flexibility index (Phi) is 4.79. The van der Waals surface area contributed by atoms with Crippen LogP contribution >= 0.6 is 23.4 Å². The first-order chi connectivity index (χ1) is 9.12. The van der Waals surface area contributed by atoms with E-state index in [0.29, 0.717) is 17.0 Å². The van der Waals surface area contributed by atoms with Gasteiger partial charge in [0.2, 0.25) is 0 Å². The molecule has 0 aromatic carbocycles. The maximum atomic E-state index is 12.0. The Morgan fingerprint density at radius 1 is 1.58 bits per heavy atom. The number of hydrogen-bond acceptors (Lipinski definition) is 4. The number of halogens is 1. The first kappa shape index (κ1) is 14.7. The molecule has 1 aliphatic rings. The summed E-state index contributed by atoms with van der Waals surface area (Å²) in [4.78, 5) is 12.0. The fourth-order valence-corrected chi connectivity index (χ4v) is 3.37. The molecule has 0 saturated heterocycles. The van der Waals surface area contributed by atoms with Gasteiger partial charge >= 0.3 is 0 Å². The quantitative estimate of drug-likeness (QED) is 0.877. The van der Waals surface area contributed by atoms with Gasteiger partial charge in [0.1, 0.15) is 5.02 Å². The summed E-state index contributed by atoms with van der Waals surface area (Å²) in [5, 5.41) is 7.69. The minimum Gasteiger partial charge on any atom is -0.381 e. The number of aromatic nitrogens is 2. The van der Waals surface area contributed by atoms with Gasteiger partial charge in [0.25, 0.3) is 5.56 Å². The van der Waals surface area contributed by atoms with Crippen molar-refractivity contribution in [2.45, 2.75) is 43.9 Å². The third kappa shape index (κ3) is 3.08. The maximum absolute atomic E-state index is 12.0. The zero-order valence-electron chi connectivity index (χ0n) is 11.4. The summed E-state index contributed by atoms with van der Waals surface area (Å²) in [6.07, 6.45) is 8.39. The zero-order chi connectivity index (χ0) is 13.9. The molecule has 0 amide bonds. The van der Waals surface area contributed by atoms with E-state index in [4.69, 9.17) is 11.6 Å². The summed E-state index contributed by atoms with van der Waals surface area (Å²) < 4.78 is 1.73. The van der Waals surface area contributed by atoms with Gasteiger partial charge in [0.05, 0.1) is 11.9 Å². The van der Waals surface area contributed by atoms with Gasteiger partial charge in [-0.15, -0.1) is 0 Å². The van der Waals surface area contributed by atoms with E-state index in [-0.39, 0.29) is 10.6 Å². The highest BCUT2D eigenvalue weighted by atomic mass is 35.5. The minimum absolute atomic E-state index is 0.208. The molecule has 6 heteroatoms. The first-order valence-corrected chi connectivity index (χ1v) is 8.27. The third-order valence-corrected chi connectivity index (χ3v) is 5.50. The van der Waals surface area contributed by atoms with Crippen molar-refractivity contribution >= 4 is 29.1 Å². The van der Waals surface area contributed by atoms with E-state index in [0.717, 1.165) is 13.0 Å². The molecule has 1 heterocycles. The van der Waals surface area contributed by atoms with Gasteiger partial charge in [-0.1, -0.05) is 24.9 Å². The summed E-state index contributed by atoms with van der Waals surface area (Å²) in [5.74, 6) is 0. The van der Waals surface area contributed by atoms with Crippen molar-refractivity contribution in [3.63, 3.8) is 0 Å². The Hall–Kier alpha value is -0.680. The van der Waals surface area contributed by atoms with Crippen LogP contribution in [0.5, 0.6) is 0 Å². The Bertz CT molecular complexity index is 494. The van der Waals surface area contributed by atoms with Crippen LogP contribution in [0.25, 0.3) is 0 Å². The van der Waals surface area contributed by atoms with Crippen LogP contribution in [0, 0.1) is 0 Å². The molecule has 0 radical (unpaired) electrons. The highest BCUT2D eigenvalue weighted by Crippen LogP contribution is 2.42. The largest absolute Gasteiger partial charge is 0.381 e. The second kappa shape index (κ2) is 6.18. The van der Waals surface area contributed by atoms with Gasteiger partial charge in [0, 0.05) is 17.8 Å². The molecule has 0 bridgehead atoms. The fraction of sp³-hybridized carbons (Fsp3) is 0.692. The summed E-state index contributed by atoms with van der Waals surface area (Å²) >= 11 is 8.02. The molecule has 0 atom stereocenters. The summed E-state index contributed by atoms with van der Waals surface area (Å²) in [6, 6.07) is 0.